The smallest absolute Gasteiger partial charge is 0.310 e. The number of carbonyl (C=O) groups excluding carboxylic acids is 1. The Hall–Kier alpha value is -1.47. The highest BCUT2D eigenvalue weighted by molar-refractivity contribution is 7.89. The highest BCUT2D eigenvalue weighted by Gasteiger charge is 2.33. The molecule has 1 fully saturated rings. The number of piperidine rings is 1. The molecule has 20 heavy (non-hydrogen) atoms. The van der Waals surface area contributed by atoms with Gasteiger partial charge in [-0.15, -0.1) is 0 Å². The van der Waals surface area contributed by atoms with Crippen LogP contribution in [0.5, 0.6) is 0 Å². The van der Waals surface area contributed by atoms with E-state index in [2.05, 4.69) is 4.98 Å². The predicted octanol–water partition coefficient (Wildman–Crippen LogP) is 1.05. The van der Waals surface area contributed by atoms with Crippen LogP contribution in [0.25, 0.3) is 0 Å². The molecule has 1 saturated heterocycles. The van der Waals surface area contributed by atoms with E-state index in [1.54, 1.807) is 13.0 Å². The second-order valence-electron chi connectivity index (χ2n) is 4.64. The SMILES string of the molecule is CCOC(=O)C1CCCN(S(=O)(=O)c2cccnc2)C1. The highest BCUT2D eigenvalue weighted by Crippen LogP contribution is 2.24. The van der Waals surface area contributed by atoms with Crippen molar-refractivity contribution < 1.29 is 17.9 Å². The minimum absolute atomic E-state index is 0.157. The molecule has 1 aromatic rings. The number of pyridine rings is 1. The standard InChI is InChI=1S/C13H18N2O4S/c1-2-19-13(16)11-5-4-8-15(10-11)20(17,18)12-6-3-7-14-9-12/h3,6-7,9,11H,2,4-5,8,10H2,1H3. The zero-order valence-corrected chi connectivity index (χ0v) is 12.2. The van der Waals surface area contributed by atoms with Crippen molar-refractivity contribution in [3.05, 3.63) is 24.5 Å². The van der Waals surface area contributed by atoms with Crippen LogP contribution in [0.4, 0.5) is 0 Å². The number of aromatic nitrogens is 1. The summed E-state index contributed by atoms with van der Waals surface area (Å²) in [7, 11) is -3.58. The molecule has 6 nitrogen and oxygen atoms in total. The fourth-order valence-corrected chi connectivity index (χ4v) is 3.75. The molecule has 2 rings (SSSR count). The second kappa shape index (κ2) is 6.32. The van der Waals surface area contributed by atoms with Crippen molar-refractivity contribution in [3.63, 3.8) is 0 Å². The maximum atomic E-state index is 12.4. The molecular formula is C13H18N2O4S. The van der Waals surface area contributed by atoms with Gasteiger partial charge in [-0.05, 0) is 31.9 Å². The van der Waals surface area contributed by atoms with Crippen LogP contribution in [0.15, 0.2) is 29.4 Å². The van der Waals surface area contributed by atoms with Gasteiger partial charge in [-0.2, -0.15) is 4.31 Å². The Morgan fingerprint density at radius 3 is 3.00 bits per heavy atom. The van der Waals surface area contributed by atoms with Crippen LogP contribution >= 0.6 is 0 Å². The maximum Gasteiger partial charge on any atom is 0.310 e. The van der Waals surface area contributed by atoms with Crippen LogP contribution in [-0.2, 0) is 19.6 Å². The van der Waals surface area contributed by atoms with Crippen LogP contribution in [-0.4, -0.2) is 43.4 Å². The van der Waals surface area contributed by atoms with Crippen molar-refractivity contribution in [1.82, 2.24) is 9.29 Å². The number of rotatable bonds is 4. The van der Waals surface area contributed by atoms with Gasteiger partial charge < -0.3 is 4.74 Å². The van der Waals surface area contributed by atoms with Gasteiger partial charge in [0, 0.05) is 25.5 Å². The third-order valence-electron chi connectivity index (χ3n) is 3.28. The fraction of sp³-hybridized carbons (Fsp3) is 0.538. The van der Waals surface area contributed by atoms with Gasteiger partial charge in [0.05, 0.1) is 12.5 Å². The lowest BCUT2D eigenvalue weighted by molar-refractivity contribution is -0.149. The number of ether oxygens (including phenoxy) is 1. The maximum absolute atomic E-state index is 12.4. The average molecular weight is 298 g/mol. The molecule has 0 N–H and O–H groups in total. The third-order valence-corrected chi connectivity index (χ3v) is 5.12. The minimum atomic E-state index is -3.58. The van der Waals surface area contributed by atoms with Gasteiger partial charge in [-0.25, -0.2) is 8.42 Å². The zero-order chi connectivity index (χ0) is 14.6. The van der Waals surface area contributed by atoms with E-state index < -0.39 is 10.0 Å². The molecule has 1 atom stereocenters. The lowest BCUT2D eigenvalue weighted by Gasteiger charge is -2.30. The van der Waals surface area contributed by atoms with Gasteiger partial charge in [-0.1, -0.05) is 0 Å². The normalized spacial score (nSPS) is 20.6. The van der Waals surface area contributed by atoms with Crippen molar-refractivity contribution >= 4 is 16.0 Å². The summed E-state index contributed by atoms with van der Waals surface area (Å²) in [5.41, 5.74) is 0. The zero-order valence-electron chi connectivity index (χ0n) is 11.4. The van der Waals surface area contributed by atoms with Crippen LogP contribution in [0.2, 0.25) is 0 Å². The second-order valence-corrected chi connectivity index (χ2v) is 6.58. The molecule has 0 saturated carbocycles. The van der Waals surface area contributed by atoms with Crippen LogP contribution in [0.1, 0.15) is 19.8 Å². The molecule has 0 aliphatic carbocycles. The summed E-state index contributed by atoms with van der Waals surface area (Å²) < 4.78 is 31.2. The summed E-state index contributed by atoms with van der Waals surface area (Å²) in [5, 5.41) is 0. The molecule has 1 aromatic heterocycles. The Bertz CT molecular complexity index is 559. The Balaban J connectivity index is 2.15. The van der Waals surface area contributed by atoms with Gasteiger partial charge in [-0.3, -0.25) is 9.78 Å². The lowest BCUT2D eigenvalue weighted by atomic mass is 10.0. The molecule has 0 bridgehead atoms. The molecule has 0 radical (unpaired) electrons. The largest absolute Gasteiger partial charge is 0.466 e. The van der Waals surface area contributed by atoms with Crippen molar-refractivity contribution in [1.29, 1.82) is 0 Å². The Labute approximate surface area is 118 Å². The molecule has 0 aromatic carbocycles. The summed E-state index contributed by atoms with van der Waals surface area (Å²) in [6.45, 7) is 2.65. The van der Waals surface area contributed by atoms with Crippen molar-refractivity contribution in [2.24, 2.45) is 5.92 Å². The Morgan fingerprint density at radius 1 is 1.55 bits per heavy atom. The summed E-state index contributed by atoms with van der Waals surface area (Å²) in [6.07, 6.45) is 4.17. The first-order valence-corrected chi connectivity index (χ1v) is 8.06. The molecule has 1 aliphatic heterocycles. The molecular weight excluding hydrogens is 280 g/mol. The van der Waals surface area contributed by atoms with Gasteiger partial charge in [0.2, 0.25) is 10.0 Å². The first-order chi connectivity index (χ1) is 9.55. The van der Waals surface area contributed by atoms with E-state index in [9.17, 15) is 13.2 Å². The number of hydrogen-bond donors (Lipinski definition) is 0. The van der Waals surface area contributed by atoms with E-state index in [0.717, 1.165) is 0 Å². The number of sulfonamides is 1. The van der Waals surface area contributed by atoms with E-state index >= 15 is 0 Å². The number of nitrogens with zero attached hydrogens (tertiary/aromatic N) is 2. The molecule has 1 unspecified atom stereocenters. The van der Waals surface area contributed by atoms with Crippen LogP contribution < -0.4 is 0 Å². The minimum Gasteiger partial charge on any atom is -0.466 e. The van der Waals surface area contributed by atoms with Crippen molar-refractivity contribution in [3.8, 4) is 0 Å². The van der Waals surface area contributed by atoms with Gasteiger partial charge in [0.1, 0.15) is 4.90 Å². The molecule has 0 spiro atoms. The first kappa shape index (κ1) is 14.9. The van der Waals surface area contributed by atoms with E-state index in [4.69, 9.17) is 4.74 Å². The number of esters is 1. The molecule has 2 heterocycles. The summed E-state index contributed by atoms with van der Waals surface area (Å²) in [5.74, 6) is -0.700. The number of hydrogen-bond acceptors (Lipinski definition) is 5. The van der Waals surface area contributed by atoms with Crippen molar-refractivity contribution in [2.45, 2.75) is 24.7 Å². The van der Waals surface area contributed by atoms with Crippen molar-refractivity contribution in [2.75, 3.05) is 19.7 Å². The molecule has 110 valence electrons. The lowest BCUT2D eigenvalue weighted by Crippen LogP contribution is -2.42. The van der Waals surface area contributed by atoms with Gasteiger partial charge in [0.15, 0.2) is 0 Å². The first-order valence-electron chi connectivity index (χ1n) is 6.62. The van der Waals surface area contributed by atoms with E-state index in [1.807, 2.05) is 0 Å². The van der Waals surface area contributed by atoms with E-state index in [-0.39, 0.29) is 23.3 Å². The van der Waals surface area contributed by atoms with E-state index in [0.29, 0.717) is 26.0 Å². The van der Waals surface area contributed by atoms with Gasteiger partial charge >= 0.3 is 5.97 Å². The Morgan fingerprint density at radius 2 is 2.35 bits per heavy atom. The topological polar surface area (TPSA) is 76.6 Å². The molecule has 7 heteroatoms. The molecule has 0 amide bonds. The summed E-state index contributed by atoms with van der Waals surface area (Å²) in [4.78, 5) is 15.7. The van der Waals surface area contributed by atoms with E-state index in [1.165, 1.54) is 22.8 Å². The van der Waals surface area contributed by atoms with Crippen LogP contribution in [0, 0.1) is 5.92 Å². The monoisotopic (exact) mass is 298 g/mol. The number of carbonyl (C=O) groups is 1. The summed E-state index contributed by atoms with van der Waals surface area (Å²) >= 11 is 0. The highest BCUT2D eigenvalue weighted by atomic mass is 32.2. The fourth-order valence-electron chi connectivity index (χ4n) is 2.26. The van der Waals surface area contributed by atoms with Crippen LogP contribution in [0.3, 0.4) is 0 Å². The van der Waals surface area contributed by atoms with Gasteiger partial charge in [0.25, 0.3) is 0 Å². The predicted molar refractivity (Wildman–Crippen MR) is 72.4 cm³/mol. The average Bonchev–Trinajstić information content (AvgIpc) is 2.48. The quantitative estimate of drug-likeness (QED) is 0.776. The summed E-state index contributed by atoms with van der Waals surface area (Å²) in [6, 6.07) is 3.09. The Kier molecular flexibility index (Phi) is 4.72. The third kappa shape index (κ3) is 3.16. The molecule has 1 aliphatic rings.